The highest BCUT2D eigenvalue weighted by atomic mass is 31.2. The van der Waals surface area contributed by atoms with E-state index in [1.807, 2.05) is 33.3 Å². The molecule has 0 rings (SSSR count). The van der Waals surface area contributed by atoms with Gasteiger partial charge in [0.1, 0.15) is 19.3 Å². The van der Waals surface area contributed by atoms with Crippen molar-refractivity contribution in [2.45, 2.75) is 245 Å². The fourth-order valence-corrected chi connectivity index (χ4v) is 7.94. The van der Waals surface area contributed by atoms with Crippen LogP contribution in [0.15, 0.2) is 36.5 Å². The fraction of sp³-hybridized carbons (Fsp3) is 0.846. The van der Waals surface area contributed by atoms with E-state index in [1.165, 1.54) is 103 Å². The summed E-state index contributed by atoms with van der Waals surface area (Å²) in [6.07, 6.45) is 48.5. The molecule has 0 radical (unpaired) electrons. The zero-order valence-electron chi connectivity index (χ0n) is 41.4. The predicted octanol–water partition coefficient (Wildman–Crippen LogP) is 14.8. The molecule has 0 aromatic heterocycles. The molecule has 0 aliphatic carbocycles. The van der Waals surface area contributed by atoms with Crippen LogP contribution in [-0.4, -0.2) is 74.3 Å². The fourth-order valence-electron chi connectivity index (χ4n) is 7.21. The Morgan fingerprint density at radius 3 is 1.44 bits per heavy atom. The van der Waals surface area contributed by atoms with Crippen LogP contribution in [0.1, 0.15) is 233 Å². The Bertz CT molecular complexity index is 1170. The number of nitrogens with zero attached hydrogens (tertiary/aromatic N) is 1. The van der Waals surface area contributed by atoms with Crippen LogP contribution in [0.5, 0.6) is 0 Å². The second kappa shape index (κ2) is 43.1. The van der Waals surface area contributed by atoms with Crippen molar-refractivity contribution in [2.75, 3.05) is 40.9 Å². The molecule has 0 aliphatic heterocycles. The summed E-state index contributed by atoms with van der Waals surface area (Å²) in [6, 6.07) is -0.853. The minimum absolute atomic E-state index is 0.0372. The molecular formula is C52H100N2O7P+. The van der Waals surface area contributed by atoms with Crippen LogP contribution < -0.4 is 5.32 Å². The van der Waals surface area contributed by atoms with E-state index in [-0.39, 0.29) is 31.5 Å². The van der Waals surface area contributed by atoms with Gasteiger partial charge >= 0.3 is 13.8 Å². The van der Waals surface area contributed by atoms with Gasteiger partial charge in [-0.15, -0.1) is 0 Å². The summed E-state index contributed by atoms with van der Waals surface area (Å²) >= 11 is 0. The van der Waals surface area contributed by atoms with Gasteiger partial charge in [0.25, 0.3) is 0 Å². The molecule has 0 saturated carbocycles. The first-order valence-corrected chi connectivity index (χ1v) is 27.3. The molecule has 0 aromatic rings. The van der Waals surface area contributed by atoms with Crippen molar-refractivity contribution in [3.8, 4) is 0 Å². The first kappa shape index (κ1) is 60.2. The zero-order valence-corrected chi connectivity index (χ0v) is 42.3. The quantitative estimate of drug-likeness (QED) is 0.0206. The summed E-state index contributed by atoms with van der Waals surface area (Å²) < 4.78 is 30.4. The van der Waals surface area contributed by atoms with E-state index in [0.717, 1.165) is 89.9 Å². The van der Waals surface area contributed by atoms with E-state index in [2.05, 4.69) is 50.4 Å². The third kappa shape index (κ3) is 43.5. The molecule has 10 heteroatoms. The summed E-state index contributed by atoms with van der Waals surface area (Å²) in [5.74, 6) is -0.535. The third-order valence-electron chi connectivity index (χ3n) is 11.3. The van der Waals surface area contributed by atoms with Gasteiger partial charge in [0.2, 0.25) is 5.91 Å². The standard InChI is InChI=1S/C52H99N2O7P/c1-7-10-13-16-19-22-25-26-27-30-33-36-39-42-45-52(56)61-50(43-40-37-34-31-28-23-20-17-14-11-8-2)49(48-60-62(57,58)59-47-46-54(4,5)6)53-51(55)44-41-38-35-32-29-24-21-18-15-12-9-3/h18,21,27,30,40,43,49-50H,7-17,19-20,22-26,28-29,31-39,41-42,44-48H2,1-6H3,(H-,53,55,57,58)/p+1/b21-18-,30-27-,43-40+. The van der Waals surface area contributed by atoms with Crippen molar-refractivity contribution in [1.82, 2.24) is 5.32 Å². The number of quaternary nitrogens is 1. The van der Waals surface area contributed by atoms with Gasteiger partial charge in [-0.05, 0) is 76.7 Å². The zero-order chi connectivity index (χ0) is 45.8. The highest BCUT2D eigenvalue weighted by molar-refractivity contribution is 7.47. The molecule has 0 bridgehead atoms. The van der Waals surface area contributed by atoms with Gasteiger partial charge < -0.3 is 19.4 Å². The van der Waals surface area contributed by atoms with Crippen LogP contribution in [0.2, 0.25) is 0 Å². The van der Waals surface area contributed by atoms with Crippen molar-refractivity contribution in [3.63, 3.8) is 0 Å². The maximum atomic E-state index is 13.4. The maximum absolute atomic E-state index is 13.4. The molecule has 0 fully saturated rings. The van der Waals surface area contributed by atoms with Crippen molar-refractivity contribution in [1.29, 1.82) is 0 Å². The molecule has 3 atom stereocenters. The van der Waals surface area contributed by atoms with Gasteiger partial charge in [0.15, 0.2) is 0 Å². The summed E-state index contributed by atoms with van der Waals surface area (Å²) in [7, 11) is 1.48. The smallest absolute Gasteiger partial charge is 0.456 e. The average molecular weight is 896 g/mol. The van der Waals surface area contributed by atoms with E-state index < -0.39 is 20.0 Å². The number of phosphoric acid groups is 1. The van der Waals surface area contributed by atoms with Crippen molar-refractivity contribution < 1.29 is 37.3 Å². The Labute approximate surface area is 383 Å². The number of esters is 1. The lowest BCUT2D eigenvalue weighted by Gasteiger charge is -2.27. The van der Waals surface area contributed by atoms with Crippen LogP contribution >= 0.6 is 7.82 Å². The van der Waals surface area contributed by atoms with Crippen molar-refractivity contribution >= 4 is 19.7 Å². The minimum Gasteiger partial charge on any atom is -0.456 e. The number of amides is 1. The number of nitrogens with one attached hydrogen (secondary N) is 1. The number of allylic oxidation sites excluding steroid dienone is 5. The first-order chi connectivity index (χ1) is 29.9. The Morgan fingerprint density at radius 1 is 0.548 bits per heavy atom. The summed E-state index contributed by atoms with van der Waals surface area (Å²) in [5.41, 5.74) is 0. The van der Waals surface area contributed by atoms with Gasteiger partial charge in [0, 0.05) is 12.8 Å². The van der Waals surface area contributed by atoms with Crippen molar-refractivity contribution in [3.05, 3.63) is 36.5 Å². The number of rotatable bonds is 46. The second-order valence-electron chi connectivity index (χ2n) is 18.7. The van der Waals surface area contributed by atoms with Crippen LogP contribution in [0, 0.1) is 0 Å². The van der Waals surface area contributed by atoms with E-state index in [9.17, 15) is 19.0 Å². The molecule has 9 nitrogen and oxygen atoms in total. The number of ether oxygens (including phenoxy) is 1. The molecule has 0 aliphatic rings. The summed E-state index contributed by atoms with van der Waals surface area (Å²) in [5, 5.41) is 3.02. The second-order valence-corrected chi connectivity index (χ2v) is 20.1. The largest absolute Gasteiger partial charge is 0.472 e. The highest BCUT2D eigenvalue weighted by Crippen LogP contribution is 2.43. The van der Waals surface area contributed by atoms with Crippen molar-refractivity contribution in [2.24, 2.45) is 0 Å². The average Bonchev–Trinajstić information content (AvgIpc) is 3.22. The normalized spacial score (nSPS) is 14.2. The maximum Gasteiger partial charge on any atom is 0.472 e. The van der Waals surface area contributed by atoms with Gasteiger partial charge in [-0.2, -0.15) is 0 Å². The lowest BCUT2D eigenvalue weighted by atomic mass is 10.1. The van der Waals surface area contributed by atoms with Crippen LogP contribution in [0.25, 0.3) is 0 Å². The minimum atomic E-state index is -4.44. The lowest BCUT2D eigenvalue weighted by molar-refractivity contribution is -0.870. The van der Waals surface area contributed by atoms with Gasteiger partial charge in [-0.25, -0.2) is 4.57 Å². The van der Waals surface area contributed by atoms with Crippen LogP contribution in [0.4, 0.5) is 0 Å². The molecular weight excluding hydrogens is 796 g/mol. The number of carbonyl (C=O) groups is 2. The summed E-state index contributed by atoms with van der Waals surface area (Å²) in [6.45, 7) is 6.93. The van der Waals surface area contributed by atoms with E-state index in [1.54, 1.807) is 0 Å². The molecule has 3 unspecified atom stereocenters. The molecule has 0 heterocycles. The highest BCUT2D eigenvalue weighted by Gasteiger charge is 2.30. The Balaban J connectivity index is 5.45. The molecule has 62 heavy (non-hydrogen) atoms. The Kier molecular flexibility index (Phi) is 41.9. The summed E-state index contributed by atoms with van der Waals surface area (Å²) in [4.78, 5) is 37.3. The Morgan fingerprint density at radius 2 is 0.952 bits per heavy atom. The Hall–Kier alpha value is -1.77. The molecule has 364 valence electrons. The van der Waals surface area contributed by atoms with Crippen LogP contribution in [0.3, 0.4) is 0 Å². The topological polar surface area (TPSA) is 111 Å². The molecule has 0 saturated heterocycles. The number of hydrogen-bond donors (Lipinski definition) is 2. The molecule has 2 N–H and O–H groups in total. The third-order valence-corrected chi connectivity index (χ3v) is 12.3. The number of phosphoric ester groups is 1. The van der Waals surface area contributed by atoms with E-state index in [0.29, 0.717) is 23.9 Å². The number of unbranched alkanes of at least 4 members (excludes halogenated alkanes) is 26. The number of carbonyl (C=O) groups excluding carboxylic acids is 2. The van der Waals surface area contributed by atoms with E-state index in [4.69, 9.17) is 13.8 Å². The van der Waals surface area contributed by atoms with E-state index >= 15 is 0 Å². The number of hydrogen-bond acceptors (Lipinski definition) is 6. The predicted molar refractivity (Wildman–Crippen MR) is 263 cm³/mol. The molecule has 0 aromatic carbocycles. The SMILES string of the molecule is CCCC/C=C\CCCCCCCC(=O)NC(COP(=O)(O)OCC[N+](C)(C)C)C(/C=C/CCCCCCCCCCC)OC(=O)CCCCC/C=C\CCCCCCCCC. The molecule has 0 spiro atoms. The van der Waals surface area contributed by atoms with Gasteiger partial charge in [0.05, 0.1) is 33.8 Å². The lowest BCUT2D eigenvalue weighted by Crippen LogP contribution is -2.47. The molecule has 1 amide bonds. The van der Waals surface area contributed by atoms with Gasteiger partial charge in [-0.1, -0.05) is 180 Å². The van der Waals surface area contributed by atoms with Crippen LogP contribution in [-0.2, 0) is 27.9 Å². The van der Waals surface area contributed by atoms with Gasteiger partial charge in [-0.3, -0.25) is 18.6 Å². The monoisotopic (exact) mass is 896 g/mol. The first-order valence-electron chi connectivity index (χ1n) is 25.8. The number of likely N-dealkylation sites (N-methyl/N-ethyl adjacent to an activating group) is 1.